The van der Waals surface area contributed by atoms with Crippen LogP contribution in [0.2, 0.25) is 10.0 Å². The lowest BCUT2D eigenvalue weighted by Gasteiger charge is -2.35. The molecule has 14 nitrogen and oxygen atoms in total. The van der Waals surface area contributed by atoms with E-state index in [2.05, 4.69) is 10.6 Å². The van der Waals surface area contributed by atoms with E-state index in [9.17, 15) is 45.4 Å². The molecule has 0 aliphatic heterocycles. The third-order valence-electron chi connectivity index (χ3n) is 10.4. The van der Waals surface area contributed by atoms with Crippen LogP contribution in [0.5, 0.6) is 11.5 Å². The van der Waals surface area contributed by atoms with Gasteiger partial charge in [0.2, 0.25) is 37.8 Å². The lowest BCUT2D eigenvalue weighted by Crippen LogP contribution is -2.43. The molecule has 20 heteroatoms. The topological polar surface area (TPSA) is 237 Å². The highest BCUT2D eigenvalue weighted by Crippen LogP contribution is 2.39. The largest absolute Gasteiger partial charge is 0.489 e. The van der Waals surface area contributed by atoms with Gasteiger partial charge in [-0.15, -0.1) is 0 Å². The number of halogens is 4. The van der Waals surface area contributed by atoms with Crippen LogP contribution in [0.4, 0.5) is 20.2 Å². The number of ether oxygens (including phenoxy) is 2. The number of benzene rings is 4. The molecular formula is C42H48Cl2F2N4O10S2. The Balaban J connectivity index is 0.000000235. The Labute approximate surface area is 369 Å². The number of hydrogen-bond acceptors (Lipinski definition) is 10. The van der Waals surface area contributed by atoms with Gasteiger partial charge >= 0.3 is 0 Å². The summed E-state index contributed by atoms with van der Waals surface area (Å²) in [6.07, 6.45) is 2.76. The molecule has 0 saturated heterocycles. The summed E-state index contributed by atoms with van der Waals surface area (Å²) in [5.74, 6) is -3.72. The quantitative estimate of drug-likeness (QED) is 0.0780. The van der Waals surface area contributed by atoms with Gasteiger partial charge in [-0.25, -0.2) is 35.9 Å². The molecule has 0 aromatic heterocycles. The van der Waals surface area contributed by atoms with E-state index in [4.69, 9.17) is 43.0 Å². The van der Waals surface area contributed by atoms with Gasteiger partial charge in [0.15, 0.2) is 0 Å². The highest BCUT2D eigenvalue weighted by molar-refractivity contribution is 7.89. The zero-order valence-electron chi connectivity index (χ0n) is 33.4. The molecule has 336 valence electrons. The molecule has 2 aliphatic rings. The van der Waals surface area contributed by atoms with Crippen LogP contribution in [0, 0.1) is 0 Å². The first-order valence-electron chi connectivity index (χ1n) is 19.5. The van der Waals surface area contributed by atoms with Crippen molar-refractivity contribution in [3.05, 3.63) is 106 Å². The van der Waals surface area contributed by atoms with Crippen molar-refractivity contribution in [3.8, 4) is 11.5 Å². The summed E-state index contributed by atoms with van der Waals surface area (Å²) in [6, 6.07) is 21.8. The van der Waals surface area contributed by atoms with Crippen LogP contribution in [0.25, 0.3) is 0 Å². The lowest BCUT2D eigenvalue weighted by molar-refractivity contribution is -0.116. The smallest absolute Gasteiger partial charge is 0.248 e. The molecule has 0 unspecified atom stereocenters. The first-order valence-corrected chi connectivity index (χ1v) is 23.4. The minimum absolute atomic E-state index is 0.0201. The van der Waals surface area contributed by atoms with Crippen molar-refractivity contribution in [3.63, 3.8) is 0 Å². The minimum Gasteiger partial charge on any atom is -0.489 e. The van der Waals surface area contributed by atoms with Gasteiger partial charge in [-0.1, -0.05) is 78.9 Å². The fourth-order valence-corrected chi connectivity index (χ4v) is 8.70. The van der Waals surface area contributed by atoms with E-state index >= 15 is 0 Å². The number of nitrogens with one attached hydrogen (secondary N) is 2. The fourth-order valence-electron chi connectivity index (χ4n) is 6.90. The summed E-state index contributed by atoms with van der Waals surface area (Å²) >= 11 is 12.1. The number of carbonyl (C=O) groups is 2. The molecule has 2 amide bonds. The van der Waals surface area contributed by atoms with Crippen molar-refractivity contribution in [2.75, 3.05) is 23.8 Å². The average Bonchev–Trinajstić information content (AvgIpc) is 3.20. The zero-order chi connectivity index (χ0) is 45.3. The molecule has 6 rings (SSSR count). The first-order chi connectivity index (χ1) is 29.0. The molecule has 0 radical (unpaired) electrons. The van der Waals surface area contributed by atoms with E-state index < -0.39 is 60.8 Å². The van der Waals surface area contributed by atoms with Crippen LogP contribution in [-0.4, -0.2) is 69.2 Å². The second kappa shape index (κ2) is 20.4. The number of amides is 2. The summed E-state index contributed by atoms with van der Waals surface area (Å²) in [6.45, 7) is -0.391. The Morgan fingerprint density at radius 1 is 0.613 bits per heavy atom. The summed E-state index contributed by atoms with van der Waals surface area (Å²) in [5, 5.41) is 37.8. The number of nitrogens with two attached hydrogens (primary N) is 2. The highest BCUT2D eigenvalue weighted by Gasteiger charge is 2.43. The first kappa shape index (κ1) is 48.6. The van der Waals surface area contributed by atoms with Crippen molar-refractivity contribution in [2.24, 2.45) is 10.3 Å². The highest BCUT2D eigenvalue weighted by atomic mass is 35.5. The molecule has 8 N–H and O–H groups in total. The normalized spacial score (nSPS) is 16.8. The molecule has 2 saturated carbocycles. The standard InChI is InChI=1S/C21H23ClF2N2O5S.C21H25ClN2O5S/c22-16-4-2-1-3-14(16)11-19(27)26-15-5-6-17(18(12-15)32(25,29)30)31-13-20(28)7-9-21(23,24)10-8-20;22-17-7-3-2-6-15(17)12-20(25)24-16-8-9-18(19(13-16)30(23,27)28)29-14-21(26)10-4-1-5-11-21/h1-6,12,28H,7-11,13H2,(H,26,27)(H2,25,29,30);2-3,6-9,13,26H,1,4-5,10-12,14H2,(H,24,25)(H2,23,27,28). The maximum absolute atomic E-state index is 13.4. The van der Waals surface area contributed by atoms with E-state index in [1.165, 1.54) is 30.3 Å². The van der Waals surface area contributed by atoms with E-state index in [0.717, 1.165) is 25.3 Å². The molecular weight excluding hydrogens is 894 g/mol. The van der Waals surface area contributed by atoms with Crippen LogP contribution >= 0.6 is 23.2 Å². The van der Waals surface area contributed by atoms with Gasteiger partial charge in [-0.05, 0) is 85.3 Å². The van der Waals surface area contributed by atoms with E-state index in [0.29, 0.717) is 34.0 Å². The van der Waals surface area contributed by atoms with Crippen molar-refractivity contribution in [1.29, 1.82) is 0 Å². The van der Waals surface area contributed by atoms with Crippen molar-refractivity contribution >= 4 is 66.4 Å². The predicted molar refractivity (Wildman–Crippen MR) is 231 cm³/mol. The zero-order valence-corrected chi connectivity index (χ0v) is 36.6. The Kier molecular flexibility index (Phi) is 16.0. The van der Waals surface area contributed by atoms with Gasteiger partial charge in [-0.3, -0.25) is 9.59 Å². The molecule has 62 heavy (non-hydrogen) atoms. The Morgan fingerprint density at radius 3 is 1.39 bits per heavy atom. The van der Waals surface area contributed by atoms with Gasteiger partial charge in [0, 0.05) is 34.3 Å². The monoisotopic (exact) mass is 940 g/mol. The van der Waals surface area contributed by atoms with Crippen molar-refractivity contribution in [1.82, 2.24) is 0 Å². The summed E-state index contributed by atoms with van der Waals surface area (Å²) < 4.78 is 86.0. The summed E-state index contributed by atoms with van der Waals surface area (Å²) in [4.78, 5) is 24.0. The SMILES string of the molecule is NS(=O)(=O)c1cc(NC(=O)Cc2ccccc2Cl)ccc1OCC1(O)CCC(F)(F)CC1.NS(=O)(=O)c1cc(NC(=O)Cc2ccccc2Cl)ccc1OCC1(O)CCCCC1. The van der Waals surface area contributed by atoms with Crippen molar-refractivity contribution < 1.29 is 54.9 Å². The molecule has 0 spiro atoms. The van der Waals surface area contributed by atoms with E-state index in [-0.39, 0.29) is 72.6 Å². The summed E-state index contributed by atoms with van der Waals surface area (Å²) in [5.41, 5.74) is -0.794. The second-order valence-corrected chi connectivity index (χ2v) is 19.4. The van der Waals surface area contributed by atoms with Gasteiger partial charge in [-0.2, -0.15) is 0 Å². The average molecular weight is 942 g/mol. The van der Waals surface area contributed by atoms with Gasteiger partial charge in [0.25, 0.3) is 0 Å². The van der Waals surface area contributed by atoms with E-state index in [1.807, 2.05) is 0 Å². The third kappa shape index (κ3) is 14.3. The van der Waals surface area contributed by atoms with Crippen LogP contribution in [0.1, 0.15) is 68.9 Å². The Hall–Kier alpha value is -4.40. The molecule has 0 atom stereocenters. The Bertz CT molecular complexity index is 2460. The third-order valence-corrected chi connectivity index (χ3v) is 13.0. The Morgan fingerprint density at radius 2 is 1.00 bits per heavy atom. The van der Waals surface area contributed by atoms with Crippen molar-refractivity contribution in [2.45, 2.75) is 97.5 Å². The maximum atomic E-state index is 13.4. The molecule has 4 aromatic rings. The van der Waals surface area contributed by atoms with E-state index in [1.54, 1.807) is 48.5 Å². The predicted octanol–water partition coefficient (Wildman–Crippen LogP) is 6.73. The van der Waals surface area contributed by atoms with Crippen LogP contribution < -0.4 is 30.4 Å². The lowest BCUT2D eigenvalue weighted by atomic mass is 9.83. The number of sulfonamides is 2. The summed E-state index contributed by atoms with van der Waals surface area (Å²) in [7, 11) is -8.36. The van der Waals surface area contributed by atoms with Gasteiger partial charge in [0.1, 0.15) is 34.5 Å². The van der Waals surface area contributed by atoms with Crippen LogP contribution in [0.3, 0.4) is 0 Å². The number of rotatable bonds is 14. The van der Waals surface area contributed by atoms with Crippen LogP contribution in [-0.2, 0) is 42.5 Å². The maximum Gasteiger partial charge on any atom is 0.248 e. The second-order valence-electron chi connectivity index (χ2n) is 15.5. The number of carbonyl (C=O) groups excluding carboxylic acids is 2. The minimum atomic E-state index is -4.25. The molecule has 0 heterocycles. The number of aliphatic hydroxyl groups is 2. The number of primary sulfonamides is 2. The molecule has 4 aromatic carbocycles. The molecule has 0 bridgehead atoms. The van der Waals surface area contributed by atoms with Crippen LogP contribution in [0.15, 0.2) is 94.7 Å². The van der Waals surface area contributed by atoms with Gasteiger partial charge in [0.05, 0.1) is 24.0 Å². The molecule has 2 fully saturated rings. The number of hydrogen-bond donors (Lipinski definition) is 6. The molecule has 2 aliphatic carbocycles. The fraction of sp³-hybridized carbons (Fsp3) is 0.381. The van der Waals surface area contributed by atoms with Gasteiger partial charge < -0.3 is 30.3 Å². The number of alkyl halides is 2. The number of anilines is 2.